The van der Waals surface area contributed by atoms with Crippen LogP contribution in [-0.4, -0.2) is 49.8 Å². The van der Waals surface area contributed by atoms with Crippen molar-refractivity contribution in [3.8, 4) is 0 Å². The molecule has 0 radical (unpaired) electrons. The summed E-state index contributed by atoms with van der Waals surface area (Å²) in [5.41, 5.74) is 8.27. The lowest BCUT2D eigenvalue weighted by atomic mass is 9.82. The van der Waals surface area contributed by atoms with E-state index in [4.69, 9.17) is 15.2 Å². The minimum Gasteiger partial charge on any atom is -0.486 e. The highest BCUT2D eigenvalue weighted by Crippen LogP contribution is 2.38. The van der Waals surface area contributed by atoms with Gasteiger partial charge in [0.25, 0.3) is 5.91 Å². The summed E-state index contributed by atoms with van der Waals surface area (Å²) in [6.07, 6.45) is 4.69. The molecule has 0 saturated carbocycles. The zero-order valence-corrected chi connectivity index (χ0v) is 14.2. The second-order valence-corrected chi connectivity index (χ2v) is 6.91. The zero-order chi connectivity index (χ0) is 16.8. The minimum absolute atomic E-state index is 0.0328. The molecule has 3 N–H and O–H groups in total. The number of nitrogens with zero attached hydrogens (tertiary/aromatic N) is 1. The number of amides is 1. The topological polar surface area (TPSA) is 76.8 Å². The van der Waals surface area contributed by atoms with Crippen molar-refractivity contribution < 1.29 is 14.3 Å². The number of carbonyl (C=O) groups excluding carboxylic acids is 1. The van der Waals surface area contributed by atoms with Gasteiger partial charge >= 0.3 is 0 Å². The Bertz CT molecular complexity index is 623. The Labute approximate surface area is 137 Å². The van der Waals surface area contributed by atoms with E-state index in [2.05, 4.69) is 19.2 Å². The molecule has 2 aliphatic heterocycles. The van der Waals surface area contributed by atoms with E-state index in [9.17, 15) is 4.79 Å². The van der Waals surface area contributed by atoms with Gasteiger partial charge in [-0.2, -0.15) is 0 Å². The minimum atomic E-state index is -0.285. The van der Waals surface area contributed by atoms with Gasteiger partial charge in [-0.3, -0.25) is 4.79 Å². The Balaban J connectivity index is 2.10. The monoisotopic (exact) mass is 319 g/mol. The second-order valence-electron chi connectivity index (χ2n) is 6.91. The van der Waals surface area contributed by atoms with E-state index in [1.807, 2.05) is 19.2 Å². The van der Waals surface area contributed by atoms with Crippen molar-refractivity contribution in [1.82, 2.24) is 10.2 Å². The number of ether oxygens (including phenoxy) is 2. The standard InChI is InChI=1S/C17H25N3O3/c1-10-7-11(18)8-12-13-15(16(21)20(3)14(10)12)23-6-5-17(2,19-13)9-22-4/h7-8,10,14,19H,5-6,9,18H2,1-4H3. The van der Waals surface area contributed by atoms with Crippen molar-refractivity contribution >= 4 is 5.91 Å². The summed E-state index contributed by atoms with van der Waals surface area (Å²) in [7, 11) is 3.50. The van der Waals surface area contributed by atoms with E-state index in [0.717, 1.165) is 23.4 Å². The van der Waals surface area contributed by atoms with Crippen LogP contribution in [-0.2, 0) is 14.3 Å². The first kappa shape index (κ1) is 15.9. The van der Waals surface area contributed by atoms with Crippen molar-refractivity contribution in [3.63, 3.8) is 0 Å². The molecule has 126 valence electrons. The Morgan fingerprint density at radius 2 is 2.30 bits per heavy atom. The highest BCUT2D eigenvalue weighted by molar-refractivity contribution is 5.95. The van der Waals surface area contributed by atoms with Gasteiger partial charge in [0.1, 0.15) is 0 Å². The summed E-state index contributed by atoms with van der Waals surface area (Å²) < 4.78 is 11.2. The molecular formula is C17H25N3O3. The maximum Gasteiger partial charge on any atom is 0.291 e. The van der Waals surface area contributed by atoms with E-state index in [0.29, 0.717) is 19.0 Å². The molecule has 23 heavy (non-hydrogen) atoms. The van der Waals surface area contributed by atoms with Gasteiger partial charge in [0.15, 0.2) is 0 Å². The fourth-order valence-electron chi connectivity index (χ4n) is 3.73. The van der Waals surface area contributed by atoms with E-state index in [1.165, 1.54) is 0 Å². The lowest BCUT2D eigenvalue weighted by Gasteiger charge is -2.42. The van der Waals surface area contributed by atoms with Crippen LogP contribution in [0, 0.1) is 5.92 Å². The molecule has 1 amide bonds. The summed E-state index contributed by atoms with van der Waals surface area (Å²) >= 11 is 0. The molecule has 3 atom stereocenters. The molecule has 1 aliphatic carbocycles. The molecule has 0 saturated heterocycles. The maximum atomic E-state index is 12.8. The number of methoxy groups -OCH3 is 1. The van der Waals surface area contributed by atoms with Crippen LogP contribution < -0.4 is 11.1 Å². The van der Waals surface area contributed by atoms with Crippen LogP contribution in [0.5, 0.6) is 0 Å². The van der Waals surface area contributed by atoms with Gasteiger partial charge in [0.05, 0.1) is 30.5 Å². The Kier molecular flexibility index (Phi) is 3.88. The normalized spacial score (nSPS) is 33.7. The first-order chi connectivity index (χ1) is 10.9. The summed E-state index contributed by atoms with van der Waals surface area (Å²) in [4.78, 5) is 14.5. The van der Waals surface area contributed by atoms with Gasteiger partial charge in [-0.05, 0) is 13.0 Å². The Morgan fingerprint density at radius 1 is 1.57 bits per heavy atom. The molecule has 0 fully saturated rings. The lowest BCUT2D eigenvalue weighted by molar-refractivity contribution is -0.132. The fourth-order valence-corrected chi connectivity index (χ4v) is 3.73. The largest absolute Gasteiger partial charge is 0.486 e. The van der Waals surface area contributed by atoms with Crippen LogP contribution >= 0.6 is 0 Å². The van der Waals surface area contributed by atoms with Crippen molar-refractivity contribution in [2.45, 2.75) is 31.8 Å². The zero-order valence-electron chi connectivity index (χ0n) is 14.2. The molecule has 0 spiro atoms. The molecule has 0 aromatic carbocycles. The molecule has 0 aromatic heterocycles. The lowest BCUT2D eigenvalue weighted by Crippen LogP contribution is -2.53. The first-order valence-corrected chi connectivity index (χ1v) is 7.97. The smallest absolute Gasteiger partial charge is 0.291 e. The average molecular weight is 319 g/mol. The molecular weight excluding hydrogens is 294 g/mol. The number of hydrogen-bond acceptors (Lipinski definition) is 5. The molecule has 0 aromatic rings. The van der Waals surface area contributed by atoms with Crippen LogP contribution in [0.4, 0.5) is 0 Å². The number of fused-ring (bicyclic) bond motifs is 2. The number of allylic oxidation sites excluding steroid dienone is 1. The van der Waals surface area contributed by atoms with Crippen LogP contribution in [0.3, 0.4) is 0 Å². The summed E-state index contributed by atoms with van der Waals surface area (Å²) in [6.45, 7) is 5.17. The molecule has 6 heteroatoms. The van der Waals surface area contributed by atoms with Crippen LogP contribution in [0.25, 0.3) is 0 Å². The highest BCUT2D eigenvalue weighted by Gasteiger charge is 2.44. The van der Waals surface area contributed by atoms with E-state index >= 15 is 0 Å². The van der Waals surface area contributed by atoms with Gasteiger partial charge in [-0.1, -0.05) is 13.0 Å². The predicted molar refractivity (Wildman–Crippen MR) is 87.1 cm³/mol. The van der Waals surface area contributed by atoms with Crippen molar-refractivity contribution in [1.29, 1.82) is 0 Å². The average Bonchev–Trinajstić information content (AvgIpc) is 2.64. The molecule has 0 bridgehead atoms. The Morgan fingerprint density at radius 3 is 3.00 bits per heavy atom. The number of nitrogens with two attached hydrogens (primary N) is 1. The first-order valence-electron chi connectivity index (χ1n) is 7.97. The quantitative estimate of drug-likeness (QED) is 0.790. The van der Waals surface area contributed by atoms with E-state index in [1.54, 1.807) is 12.0 Å². The van der Waals surface area contributed by atoms with E-state index in [-0.39, 0.29) is 23.4 Å². The number of carbonyl (C=O) groups is 1. The maximum absolute atomic E-state index is 12.8. The van der Waals surface area contributed by atoms with Gasteiger partial charge < -0.3 is 25.4 Å². The summed E-state index contributed by atoms with van der Waals surface area (Å²) in [5.74, 6) is 0.450. The molecule has 3 unspecified atom stereocenters. The fraction of sp³-hybridized carbons (Fsp3) is 0.588. The van der Waals surface area contributed by atoms with Crippen LogP contribution in [0.1, 0.15) is 20.3 Å². The predicted octanol–water partition coefficient (Wildman–Crippen LogP) is 0.872. The number of likely N-dealkylation sites (N-methyl/N-ethyl adjacent to an activating group) is 1. The number of hydrogen-bond donors (Lipinski definition) is 2. The molecule has 2 heterocycles. The SMILES string of the molecule is COCC1(C)CCOC2=C(N1)C1=CC(N)=CC(C)C1N(C)C2=O. The third-order valence-electron chi connectivity index (χ3n) is 4.83. The molecule has 3 rings (SSSR count). The van der Waals surface area contributed by atoms with Gasteiger partial charge in [0.2, 0.25) is 5.76 Å². The van der Waals surface area contributed by atoms with Crippen molar-refractivity contribution in [2.24, 2.45) is 11.7 Å². The van der Waals surface area contributed by atoms with E-state index < -0.39 is 0 Å². The molecule has 3 aliphatic rings. The van der Waals surface area contributed by atoms with Gasteiger partial charge in [-0.25, -0.2) is 0 Å². The van der Waals surface area contributed by atoms with Crippen LogP contribution in [0.15, 0.2) is 34.9 Å². The second kappa shape index (κ2) is 5.60. The highest BCUT2D eigenvalue weighted by atomic mass is 16.5. The van der Waals surface area contributed by atoms with Gasteiger partial charge in [0, 0.05) is 37.8 Å². The third kappa shape index (κ3) is 2.61. The van der Waals surface area contributed by atoms with Gasteiger partial charge in [-0.15, -0.1) is 0 Å². The number of nitrogens with one attached hydrogen (secondary N) is 1. The number of rotatable bonds is 2. The van der Waals surface area contributed by atoms with Crippen molar-refractivity contribution in [2.75, 3.05) is 27.4 Å². The molecule has 6 nitrogen and oxygen atoms in total. The summed E-state index contributed by atoms with van der Waals surface area (Å²) in [5, 5.41) is 3.52. The Hall–Kier alpha value is -1.95. The third-order valence-corrected chi connectivity index (χ3v) is 4.83. The summed E-state index contributed by atoms with van der Waals surface area (Å²) in [6, 6.07) is -0.0328. The van der Waals surface area contributed by atoms with Crippen LogP contribution in [0.2, 0.25) is 0 Å². The van der Waals surface area contributed by atoms with Crippen molar-refractivity contribution in [3.05, 3.63) is 34.9 Å².